The normalized spacial score (nSPS) is 22.0. The van der Waals surface area contributed by atoms with E-state index in [9.17, 15) is 14.5 Å². The quantitative estimate of drug-likeness (QED) is 0.407. The molecule has 32 heavy (non-hydrogen) atoms. The average molecular weight is 458 g/mol. The van der Waals surface area contributed by atoms with Crippen LogP contribution in [0.25, 0.3) is 10.9 Å². The molecule has 0 radical (unpaired) electrons. The first-order valence-corrected chi connectivity index (χ1v) is 10.7. The second-order valence-corrected chi connectivity index (χ2v) is 8.83. The highest BCUT2D eigenvalue weighted by atomic mass is 35.5. The molecule has 2 unspecified atom stereocenters. The zero-order valence-corrected chi connectivity index (χ0v) is 18.1. The summed E-state index contributed by atoms with van der Waals surface area (Å²) in [4.78, 5) is 22.0. The average Bonchev–Trinajstić information content (AvgIpc) is 3.21. The fourth-order valence-electron chi connectivity index (χ4n) is 4.73. The van der Waals surface area contributed by atoms with Gasteiger partial charge in [-0.25, -0.2) is 14.4 Å². The number of hydrogen-bond donors (Lipinski definition) is 1. The Labute approximate surface area is 188 Å². The third kappa shape index (κ3) is 3.93. The highest BCUT2D eigenvalue weighted by Gasteiger charge is 2.53. The Kier molecular flexibility index (Phi) is 5.30. The molecule has 2 aromatic carbocycles. The number of anilines is 2. The third-order valence-electron chi connectivity index (χ3n) is 6.36. The van der Waals surface area contributed by atoms with E-state index in [-0.39, 0.29) is 16.5 Å². The Morgan fingerprint density at radius 3 is 2.78 bits per heavy atom. The number of fused-ring (bicyclic) bond motifs is 2. The van der Waals surface area contributed by atoms with E-state index in [4.69, 9.17) is 16.3 Å². The van der Waals surface area contributed by atoms with Gasteiger partial charge in [-0.1, -0.05) is 11.6 Å². The van der Waals surface area contributed by atoms with Gasteiger partial charge in [-0.3, -0.25) is 10.1 Å². The largest absolute Gasteiger partial charge is 0.487 e. The van der Waals surface area contributed by atoms with Crippen LogP contribution in [0.3, 0.4) is 0 Å². The minimum Gasteiger partial charge on any atom is -0.487 e. The molecule has 1 aromatic heterocycles. The predicted octanol–water partition coefficient (Wildman–Crippen LogP) is 4.65. The standard InChI is InChI=1S/C22H21ClFN5O3/c1-28-9-15-13(16(15)10-28)4-5-32-21-8-19-14(7-20(21)29(30)31)22(26-11-25-19)27-12-2-3-18(24)17(23)6-12/h2-3,6-8,11,13,15-16H,4-5,9-10H2,1H3,(H,25,26,27). The number of nitro benzene ring substituents is 1. The van der Waals surface area contributed by atoms with Crippen LogP contribution in [-0.4, -0.2) is 46.5 Å². The van der Waals surface area contributed by atoms with Crippen LogP contribution in [-0.2, 0) is 0 Å². The second-order valence-electron chi connectivity index (χ2n) is 8.42. The van der Waals surface area contributed by atoms with Gasteiger partial charge in [0.1, 0.15) is 18.0 Å². The second kappa shape index (κ2) is 8.14. The number of ether oxygens (including phenoxy) is 1. The van der Waals surface area contributed by atoms with Crippen LogP contribution < -0.4 is 10.1 Å². The molecule has 1 N–H and O–H groups in total. The van der Waals surface area contributed by atoms with E-state index in [1.165, 1.54) is 30.6 Å². The molecule has 0 bridgehead atoms. The smallest absolute Gasteiger partial charge is 0.311 e. The van der Waals surface area contributed by atoms with Crippen LogP contribution in [0.15, 0.2) is 36.7 Å². The maximum atomic E-state index is 13.4. The zero-order chi connectivity index (χ0) is 22.4. The van der Waals surface area contributed by atoms with E-state index in [1.807, 2.05) is 0 Å². The van der Waals surface area contributed by atoms with Crippen LogP contribution >= 0.6 is 11.6 Å². The van der Waals surface area contributed by atoms with Gasteiger partial charge in [0.2, 0.25) is 0 Å². The molecule has 5 rings (SSSR count). The Balaban J connectivity index is 1.37. The lowest BCUT2D eigenvalue weighted by Crippen LogP contribution is -2.19. The fraction of sp³-hybridized carbons (Fsp3) is 0.364. The van der Waals surface area contributed by atoms with Crippen molar-refractivity contribution >= 4 is 39.7 Å². The van der Waals surface area contributed by atoms with Gasteiger partial charge in [0.15, 0.2) is 5.75 Å². The Bertz CT molecular complexity index is 1200. The van der Waals surface area contributed by atoms with Gasteiger partial charge in [-0.15, -0.1) is 0 Å². The first kappa shape index (κ1) is 20.8. The molecule has 1 saturated carbocycles. The van der Waals surface area contributed by atoms with Gasteiger partial charge in [-0.05, 0) is 49.4 Å². The lowest BCUT2D eigenvalue weighted by Gasteiger charge is -2.13. The number of rotatable bonds is 7. The highest BCUT2D eigenvalue weighted by Crippen LogP contribution is 2.53. The summed E-state index contributed by atoms with van der Waals surface area (Å²) < 4.78 is 19.3. The lowest BCUT2D eigenvalue weighted by atomic mass is 10.2. The zero-order valence-electron chi connectivity index (χ0n) is 17.3. The van der Waals surface area contributed by atoms with Crippen LogP contribution in [0.2, 0.25) is 5.02 Å². The molecule has 0 amide bonds. The molecule has 1 saturated heterocycles. The number of benzene rings is 2. The van der Waals surface area contributed by atoms with Gasteiger partial charge in [-0.2, -0.15) is 0 Å². The van der Waals surface area contributed by atoms with Crippen molar-refractivity contribution in [2.75, 3.05) is 32.1 Å². The summed E-state index contributed by atoms with van der Waals surface area (Å²) in [6, 6.07) is 7.13. The van der Waals surface area contributed by atoms with Gasteiger partial charge in [0.05, 0.1) is 27.5 Å². The van der Waals surface area contributed by atoms with Gasteiger partial charge >= 0.3 is 5.69 Å². The molecule has 0 spiro atoms. The van der Waals surface area contributed by atoms with Crippen LogP contribution in [0.1, 0.15) is 6.42 Å². The van der Waals surface area contributed by atoms with Crippen molar-refractivity contribution in [1.29, 1.82) is 0 Å². The van der Waals surface area contributed by atoms with Gasteiger partial charge < -0.3 is 15.0 Å². The molecule has 10 heteroatoms. The van der Waals surface area contributed by atoms with Gasteiger partial charge in [0, 0.05) is 30.9 Å². The summed E-state index contributed by atoms with van der Waals surface area (Å²) in [5, 5.41) is 15.2. The summed E-state index contributed by atoms with van der Waals surface area (Å²) in [7, 11) is 2.13. The first-order chi connectivity index (χ1) is 15.4. The summed E-state index contributed by atoms with van der Waals surface area (Å²) >= 11 is 5.84. The molecule has 8 nitrogen and oxygen atoms in total. The molecule has 166 valence electrons. The first-order valence-electron chi connectivity index (χ1n) is 10.4. The molecular weight excluding hydrogens is 437 g/mol. The van der Waals surface area contributed by atoms with E-state index >= 15 is 0 Å². The summed E-state index contributed by atoms with van der Waals surface area (Å²) in [6.45, 7) is 2.67. The number of nitrogens with zero attached hydrogens (tertiary/aromatic N) is 4. The Hall–Kier alpha value is -3.04. The Morgan fingerprint density at radius 2 is 2.06 bits per heavy atom. The lowest BCUT2D eigenvalue weighted by molar-refractivity contribution is -0.385. The van der Waals surface area contributed by atoms with E-state index < -0.39 is 10.7 Å². The van der Waals surface area contributed by atoms with E-state index in [0.29, 0.717) is 34.9 Å². The molecule has 2 atom stereocenters. The number of hydrogen-bond acceptors (Lipinski definition) is 7. The predicted molar refractivity (Wildman–Crippen MR) is 119 cm³/mol. The molecular formula is C22H21ClFN5O3. The number of nitro groups is 1. The van der Waals surface area contributed by atoms with Crippen molar-refractivity contribution in [3.05, 3.63) is 57.6 Å². The molecule has 1 aliphatic heterocycles. The van der Waals surface area contributed by atoms with Crippen molar-refractivity contribution in [3.63, 3.8) is 0 Å². The molecule has 3 aromatic rings. The molecule has 2 heterocycles. The minimum absolute atomic E-state index is 0.0403. The maximum Gasteiger partial charge on any atom is 0.311 e. The van der Waals surface area contributed by atoms with Crippen molar-refractivity contribution in [2.45, 2.75) is 6.42 Å². The molecule has 1 aliphatic carbocycles. The highest BCUT2D eigenvalue weighted by molar-refractivity contribution is 6.31. The van der Waals surface area contributed by atoms with Crippen molar-refractivity contribution in [2.24, 2.45) is 17.8 Å². The number of halogens is 2. The van der Waals surface area contributed by atoms with Gasteiger partial charge in [0.25, 0.3) is 0 Å². The minimum atomic E-state index is -0.538. The number of nitrogens with one attached hydrogen (secondary N) is 1. The summed E-state index contributed by atoms with van der Waals surface area (Å²) in [5.41, 5.74) is 0.851. The van der Waals surface area contributed by atoms with E-state index in [0.717, 1.165) is 31.3 Å². The van der Waals surface area contributed by atoms with Crippen molar-refractivity contribution < 1.29 is 14.1 Å². The van der Waals surface area contributed by atoms with Crippen LogP contribution in [0.5, 0.6) is 5.75 Å². The maximum absolute atomic E-state index is 13.4. The SMILES string of the molecule is CN1CC2C(CCOc3cc4ncnc(Nc5ccc(F)c(Cl)c5)c4cc3[N+](=O)[O-])C2C1. The van der Waals surface area contributed by atoms with Crippen molar-refractivity contribution in [1.82, 2.24) is 14.9 Å². The summed E-state index contributed by atoms with van der Waals surface area (Å²) in [6.07, 6.45) is 2.24. The van der Waals surface area contributed by atoms with Crippen molar-refractivity contribution in [3.8, 4) is 5.75 Å². The van der Waals surface area contributed by atoms with E-state index in [1.54, 1.807) is 6.07 Å². The van der Waals surface area contributed by atoms with Crippen LogP contribution in [0, 0.1) is 33.7 Å². The Morgan fingerprint density at radius 1 is 1.28 bits per heavy atom. The topological polar surface area (TPSA) is 93.4 Å². The fourth-order valence-corrected chi connectivity index (χ4v) is 4.91. The molecule has 2 aliphatic rings. The number of piperidine rings is 1. The summed E-state index contributed by atoms with van der Waals surface area (Å²) in [5.74, 6) is 2.12. The third-order valence-corrected chi connectivity index (χ3v) is 6.65. The van der Waals surface area contributed by atoms with E-state index in [2.05, 4.69) is 27.2 Å². The molecule has 2 fully saturated rings. The monoisotopic (exact) mass is 457 g/mol. The number of aromatic nitrogens is 2. The number of likely N-dealkylation sites (tertiary alicyclic amines) is 1. The van der Waals surface area contributed by atoms with Crippen LogP contribution in [0.4, 0.5) is 21.6 Å².